The highest BCUT2D eigenvalue weighted by atomic mass is 79.9. The van der Waals surface area contributed by atoms with Crippen molar-refractivity contribution in [1.29, 1.82) is 0 Å². The smallest absolute Gasteiger partial charge is 0.222 e. The minimum absolute atomic E-state index is 0.624. The minimum atomic E-state index is 0.624. The average Bonchev–Trinajstić information content (AvgIpc) is 2.30. The Morgan fingerprint density at radius 3 is 2.44 bits per heavy atom. The first-order valence-corrected chi connectivity index (χ1v) is 6.29. The number of anilines is 1. The summed E-state index contributed by atoms with van der Waals surface area (Å²) >= 11 is 6.79. The number of rotatable bonds is 3. The third-order valence-corrected chi connectivity index (χ3v) is 3.20. The molecule has 0 aliphatic carbocycles. The van der Waals surface area contributed by atoms with E-state index in [0.717, 1.165) is 8.95 Å². The van der Waals surface area contributed by atoms with E-state index in [-0.39, 0.29) is 0 Å². The summed E-state index contributed by atoms with van der Waals surface area (Å²) in [4.78, 5) is 8.28. The SMILES string of the molecule is Brc1cnc(NCc2ccccc2Br)nc1. The van der Waals surface area contributed by atoms with Crippen molar-refractivity contribution in [2.45, 2.75) is 6.54 Å². The molecule has 5 heteroatoms. The lowest BCUT2D eigenvalue weighted by molar-refractivity contribution is 1.04. The lowest BCUT2D eigenvalue weighted by Gasteiger charge is -2.06. The van der Waals surface area contributed by atoms with Crippen molar-refractivity contribution in [3.63, 3.8) is 0 Å². The van der Waals surface area contributed by atoms with E-state index in [1.807, 2.05) is 18.2 Å². The molecule has 0 fully saturated rings. The zero-order chi connectivity index (χ0) is 11.4. The maximum atomic E-state index is 4.14. The van der Waals surface area contributed by atoms with Crippen molar-refractivity contribution in [2.24, 2.45) is 0 Å². The van der Waals surface area contributed by atoms with Crippen LogP contribution in [0.15, 0.2) is 45.6 Å². The van der Waals surface area contributed by atoms with Gasteiger partial charge in [-0.05, 0) is 27.6 Å². The molecule has 0 saturated heterocycles. The Morgan fingerprint density at radius 1 is 1.06 bits per heavy atom. The normalized spacial score (nSPS) is 10.1. The van der Waals surface area contributed by atoms with Gasteiger partial charge in [-0.15, -0.1) is 0 Å². The molecule has 0 atom stereocenters. The molecule has 1 heterocycles. The molecule has 1 aromatic carbocycles. The maximum absolute atomic E-state index is 4.14. The molecule has 0 saturated carbocycles. The van der Waals surface area contributed by atoms with Crippen LogP contribution in [0.3, 0.4) is 0 Å². The number of benzene rings is 1. The van der Waals surface area contributed by atoms with E-state index >= 15 is 0 Å². The molecule has 82 valence electrons. The summed E-state index contributed by atoms with van der Waals surface area (Å²) in [5.74, 6) is 0.624. The Hall–Kier alpha value is -0.940. The molecule has 0 aliphatic rings. The molecule has 0 radical (unpaired) electrons. The average molecular weight is 343 g/mol. The molecule has 0 bridgehead atoms. The first-order valence-electron chi connectivity index (χ1n) is 4.70. The van der Waals surface area contributed by atoms with Crippen molar-refractivity contribution in [3.05, 3.63) is 51.2 Å². The van der Waals surface area contributed by atoms with E-state index in [9.17, 15) is 0 Å². The summed E-state index contributed by atoms with van der Waals surface area (Å²) in [5.41, 5.74) is 1.18. The number of nitrogens with zero attached hydrogens (tertiary/aromatic N) is 2. The van der Waals surface area contributed by atoms with Gasteiger partial charge in [0, 0.05) is 23.4 Å². The second-order valence-electron chi connectivity index (χ2n) is 3.17. The van der Waals surface area contributed by atoms with Gasteiger partial charge in [0.1, 0.15) is 0 Å². The van der Waals surface area contributed by atoms with E-state index in [2.05, 4.69) is 53.2 Å². The zero-order valence-corrected chi connectivity index (χ0v) is 11.5. The van der Waals surface area contributed by atoms with Gasteiger partial charge in [-0.2, -0.15) is 0 Å². The van der Waals surface area contributed by atoms with Gasteiger partial charge in [0.15, 0.2) is 0 Å². The van der Waals surface area contributed by atoms with Gasteiger partial charge in [0.25, 0.3) is 0 Å². The molecule has 2 rings (SSSR count). The van der Waals surface area contributed by atoms with Crippen LogP contribution >= 0.6 is 31.9 Å². The fourth-order valence-electron chi connectivity index (χ4n) is 1.22. The van der Waals surface area contributed by atoms with Crippen LogP contribution in [0.1, 0.15) is 5.56 Å². The van der Waals surface area contributed by atoms with Gasteiger partial charge >= 0.3 is 0 Å². The van der Waals surface area contributed by atoms with Crippen molar-refractivity contribution >= 4 is 37.8 Å². The number of hydrogen-bond donors (Lipinski definition) is 1. The van der Waals surface area contributed by atoms with E-state index in [0.29, 0.717) is 12.5 Å². The number of aromatic nitrogens is 2. The topological polar surface area (TPSA) is 37.8 Å². The monoisotopic (exact) mass is 341 g/mol. The molecule has 1 aromatic heterocycles. The predicted octanol–water partition coefficient (Wildman–Crippen LogP) is 3.61. The minimum Gasteiger partial charge on any atom is -0.350 e. The van der Waals surface area contributed by atoms with Crippen LogP contribution in [0.4, 0.5) is 5.95 Å². The van der Waals surface area contributed by atoms with Crippen molar-refractivity contribution in [3.8, 4) is 0 Å². The van der Waals surface area contributed by atoms with Crippen LogP contribution in [0.25, 0.3) is 0 Å². The van der Waals surface area contributed by atoms with Gasteiger partial charge in [0.2, 0.25) is 5.95 Å². The molecule has 0 spiro atoms. The lowest BCUT2D eigenvalue weighted by atomic mass is 10.2. The van der Waals surface area contributed by atoms with Gasteiger partial charge in [-0.3, -0.25) is 0 Å². The van der Waals surface area contributed by atoms with Crippen LogP contribution in [-0.4, -0.2) is 9.97 Å². The lowest BCUT2D eigenvalue weighted by Crippen LogP contribution is -2.03. The second-order valence-corrected chi connectivity index (χ2v) is 4.94. The molecule has 0 aliphatic heterocycles. The molecule has 2 aromatic rings. The van der Waals surface area contributed by atoms with E-state index in [1.54, 1.807) is 12.4 Å². The zero-order valence-electron chi connectivity index (χ0n) is 8.32. The molecular formula is C11H9Br2N3. The second kappa shape index (κ2) is 5.41. The summed E-state index contributed by atoms with van der Waals surface area (Å²) in [5, 5.41) is 3.16. The highest BCUT2D eigenvalue weighted by Crippen LogP contribution is 2.16. The molecule has 16 heavy (non-hydrogen) atoms. The Labute approximate surface area is 111 Å². The fourth-order valence-corrected chi connectivity index (χ4v) is 1.85. The summed E-state index contributed by atoms with van der Waals surface area (Å²) in [6.07, 6.45) is 3.44. The molecule has 3 nitrogen and oxygen atoms in total. The third-order valence-electron chi connectivity index (χ3n) is 2.02. The third kappa shape index (κ3) is 3.02. The van der Waals surface area contributed by atoms with E-state index in [1.165, 1.54) is 5.56 Å². The van der Waals surface area contributed by atoms with E-state index in [4.69, 9.17) is 0 Å². The summed E-state index contributed by atoms with van der Waals surface area (Å²) in [7, 11) is 0. The highest BCUT2D eigenvalue weighted by molar-refractivity contribution is 9.10. The van der Waals surface area contributed by atoms with Crippen LogP contribution in [0.5, 0.6) is 0 Å². The van der Waals surface area contributed by atoms with Crippen LogP contribution in [-0.2, 0) is 6.54 Å². The van der Waals surface area contributed by atoms with Crippen LogP contribution < -0.4 is 5.32 Å². The van der Waals surface area contributed by atoms with Gasteiger partial charge in [0.05, 0.1) is 4.47 Å². The summed E-state index contributed by atoms with van der Waals surface area (Å²) in [6.45, 7) is 0.697. The standard InChI is InChI=1S/C11H9Br2N3/c12-9-6-15-11(16-7-9)14-5-8-3-1-2-4-10(8)13/h1-4,6-7H,5H2,(H,14,15,16). The highest BCUT2D eigenvalue weighted by Gasteiger charge is 1.99. The fraction of sp³-hybridized carbons (Fsp3) is 0.0909. The van der Waals surface area contributed by atoms with Crippen LogP contribution in [0, 0.1) is 0 Å². The first kappa shape index (κ1) is 11.5. The van der Waals surface area contributed by atoms with Crippen LogP contribution in [0.2, 0.25) is 0 Å². The van der Waals surface area contributed by atoms with E-state index < -0.39 is 0 Å². The number of nitrogens with one attached hydrogen (secondary N) is 1. The number of halogens is 2. The number of hydrogen-bond acceptors (Lipinski definition) is 3. The van der Waals surface area contributed by atoms with Crippen molar-refractivity contribution < 1.29 is 0 Å². The molecule has 0 unspecified atom stereocenters. The molecular weight excluding hydrogens is 334 g/mol. The van der Waals surface area contributed by atoms with Gasteiger partial charge in [-0.25, -0.2) is 9.97 Å². The Bertz CT molecular complexity index is 471. The predicted molar refractivity (Wildman–Crippen MR) is 71.2 cm³/mol. The quantitative estimate of drug-likeness (QED) is 0.925. The largest absolute Gasteiger partial charge is 0.350 e. The Balaban J connectivity index is 2.02. The van der Waals surface area contributed by atoms with Gasteiger partial charge in [-0.1, -0.05) is 34.1 Å². The molecule has 0 amide bonds. The Kier molecular flexibility index (Phi) is 3.90. The molecule has 1 N–H and O–H groups in total. The first-order chi connectivity index (χ1) is 7.75. The maximum Gasteiger partial charge on any atom is 0.222 e. The summed E-state index contributed by atoms with van der Waals surface area (Å²) < 4.78 is 1.96. The Morgan fingerprint density at radius 2 is 1.75 bits per heavy atom. The van der Waals surface area contributed by atoms with Gasteiger partial charge < -0.3 is 5.32 Å². The summed E-state index contributed by atoms with van der Waals surface area (Å²) in [6, 6.07) is 8.06. The van der Waals surface area contributed by atoms with Crippen molar-refractivity contribution in [1.82, 2.24) is 9.97 Å². The van der Waals surface area contributed by atoms with Crippen molar-refractivity contribution in [2.75, 3.05) is 5.32 Å².